The van der Waals surface area contributed by atoms with Gasteiger partial charge in [0.25, 0.3) is 5.91 Å². The Balaban J connectivity index is 1.99. The van der Waals surface area contributed by atoms with Crippen LogP contribution in [0.3, 0.4) is 0 Å². The van der Waals surface area contributed by atoms with Crippen LogP contribution in [0.2, 0.25) is 0 Å². The van der Waals surface area contributed by atoms with E-state index in [4.69, 9.17) is 0 Å². The SMILES string of the molecule is Cc1cccnc1NC(=O)c1ccc2ccccc2c1O. The summed E-state index contributed by atoms with van der Waals surface area (Å²) in [5.41, 5.74) is 1.10. The number of amides is 1. The van der Waals surface area contributed by atoms with Crippen LogP contribution in [0.5, 0.6) is 5.75 Å². The molecule has 104 valence electrons. The van der Waals surface area contributed by atoms with Gasteiger partial charge in [0.1, 0.15) is 11.6 Å². The maximum atomic E-state index is 12.3. The quantitative estimate of drug-likeness (QED) is 0.754. The van der Waals surface area contributed by atoms with E-state index in [2.05, 4.69) is 10.3 Å². The molecule has 2 aromatic carbocycles. The second kappa shape index (κ2) is 5.25. The van der Waals surface area contributed by atoms with E-state index in [-0.39, 0.29) is 17.2 Å². The van der Waals surface area contributed by atoms with Crippen molar-refractivity contribution in [3.05, 3.63) is 65.9 Å². The predicted molar refractivity (Wildman–Crippen MR) is 82.5 cm³/mol. The third-order valence-corrected chi connectivity index (χ3v) is 3.39. The van der Waals surface area contributed by atoms with E-state index in [9.17, 15) is 9.90 Å². The Labute approximate surface area is 122 Å². The van der Waals surface area contributed by atoms with Crippen LogP contribution in [0, 0.1) is 6.92 Å². The van der Waals surface area contributed by atoms with Gasteiger partial charge < -0.3 is 10.4 Å². The minimum absolute atomic E-state index is 0.0146. The average Bonchev–Trinajstić information content (AvgIpc) is 2.50. The van der Waals surface area contributed by atoms with E-state index in [0.29, 0.717) is 11.2 Å². The van der Waals surface area contributed by atoms with Crippen molar-refractivity contribution in [3.8, 4) is 5.75 Å². The fourth-order valence-corrected chi connectivity index (χ4v) is 2.23. The van der Waals surface area contributed by atoms with Crippen molar-refractivity contribution in [2.45, 2.75) is 6.92 Å². The number of phenols is 1. The number of aryl methyl sites for hydroxylation is 1. The lowest BCUT2D eigenvalue weighted by Gasteiger charge is -2.09. The number of rotatable bonds is 2. The fraction of sp³-hybridized carbons (Fsp3) is 0.0588. The summed E-state index contributed by atoms with van der Waals surface area (Å²) in [6, 6.07) is 14.5. The molecule has 1 heterocycles. The molecular formula is C17H14N2O2. The molecule has 1 aromatic heterocycles. The number of nitrogens with zero attached hydrogens (tertiary/aromatic N) is 1. The number of aromatic hydroxyl groups is 1. The number of fused-ring (bicyclic) bond motifs is 1. The molecule has 0 spiro atoms. The third-order valence-electron chi connectivity index (χ3n) is 3.39. The molecule has 0 saturated carbocycles. The molecule has 3 aromatic rings. The lowest BCUT2D eigenvalue weighted by Crippen LogP contribution is -2.14. The first-order chi connectivity index (χ1) is 10.2. The maximum Gasteiger partial charge on any atom is 0.260 e. The largest absolute Gasteiger partial charge is 0.506 e. The second-order valence-corrected chi connectivity index (χ2v) is 4.81. The minimum atomic E-state index is -0.375. The van der Waals surface area contributed by atoms with Crippen LogP contribution in [-0.4, -0.2) is 16.0 Å². The molecule has 0 unspecified atom stereocenters. The molecule has 0 atom stereocenters. The molecule has 4 heteroatoms. The highest BCUT2D eigenvalue weighted by molar-refractivity contribution is 6.09. The number of aromatic nitrogens is 1. The first-order valence-electron chi connectivity index (χ1n) is 6.60. The number of carbonyl (C=O) groups is 1. The zero-order chi connectivity index (χ0) is 14.8. The molecule has 0 aliphatic heterocycles. The molecule has 1 amide bonds. The topological polar surface area (TPSA) is 62.2 Å². The zero-order valence-electron chi connectivity index (χ0n) is 11.5. The third kappa shape index (κ3) is 2.43. The Bertz CT molecular complexity index is 828. The number of phenolic OH excluding ortho intramolecular Hbond substituents is 1. The molecular weight excluding hydrogens is 264 g/mol. The van der Waals surface area contributed by atoms with Gasteiger partial charge in [0, 0.05) is 11.6 Å². The van der Waals surface area contributed by atoms with Crippen molar-refractivity contribution in [3.63, 3.8) is 0 Å². The highest BCUT2D eigenvalue weighted by Gasteiger charge is 2.14. The van der Waals surface area contributed by atoms with Gasteiger partial charge in [-0.25, -0.2) is 4.98 Å². The Morgan fingerprint density at radius 1 is 1.10 bits per heavy atom. The molecule has 0 radical (unpaired) electrons. The van der Waals surface area contributed by atoms with Crippen molar-refractivity contribution in [1.82, 2.24) is 4.98 Å². The average molecular weight is 278 g/mol. The highest BCUT2D eigenvalue weighted by Crippen LogP contribution is 2.29. The van der Waals surface area contributed by atoms with Crippen LogP contribution >= 0.6 is 0 Å². The molecule has 0 aliphatic carbocycles. The van der Waals surface area contributed by atoms with Crippen molar-refractivity contribution in [2.24, 2.45) is 0 Å². The van der Waals surface area contributed by atoms with E-state index >= 15 is 0 Å². The molecule has 2 N–H and O–H groups in total. The van der Waals surface area contributed by atoms with Crippen LogP contribution in [0.1, 0.15) is 15.9 Å². The smallest absolute Gasteiger partial charge is 0.260 e. The molecule has 3 rings (SSSR count). The van der Waals surface area contributed by atoms with Crippen LogP contribution in [-0.2, 0) is 0 Å². The van der Waals surface area contributed by atoms with Crippen LogP contribution in [0.15, 0.2) is 54.7 Å². The van der Waals surface area contributed by atoms with Gasteiger partial charge >= 0.3 is 0 Å². The summed E-state index contributed by atoms with van der Waals surface area (Å²) >= 11 is 0. The molecule has 4 nitrogen and oxygen atoms in total. The monoisotopic (exact) mass is 278 g/mol. The Kier molecular flexibility index (Phi) is 3.28. The number of carbonyl (C=O) groups excluding carboxylic acids is 1. The van der Waals surface area contributed by atoms with Gasteiger partial charge in [0.05, 0.1) is 5.56 Å². The first kappa shape index (κ1) is 13.1. The Morgan fingerprint density at radius 3 is 2.71 bits per heavy atom. The predicted octanol–water partition coefficient (Wildman–Crippen LogP) is 3.50. The Hall–Kier alpha value is -2.88. The van der Waals surface area contributed by atoms with Gasteiger partial charge in [-0.15, -0.1) is 0 Å². The summed E-state index contributed by atoms with van der Waals surface area (Å²) in [6.07, 6.45) is 1.61. The summed E-state index contributed by atoms with van der Waals surface area (Å²) in [5.74, 6) is 0.106. The lowest BCUT2D eigenvalue weighted by molar-refractivity contribution is 0.102. The standard InChI is InChI=1S/C17H14N2O2/c1-11-5-4-10-18-16(11)19-17(21)14-9-8-12-6-2-3-7-13(12)15(14)20/h2-10,20H,1H3,(H,18,19,21). The van der Waals surface area contributed by atoms with Crippen LogP contribution in [0.25, 0.3) is 10.8 Å². The van der Waals surface area contributed by atoms with Gasteiger partial charge in [-0.1, -0.05) is 36.4 Å². The molecule has 0 aliphatic rings. The van der Waals surface area contributed by atoms with Gasteiger partial charge in [-0.3, -0.25) is 4.79 Å². The van der Waals surface area contributed by atoms with Gasteiger partial charge in [-0.05, 0) is 30.0 Å². The first-order valence-corrected chi connectivity index (χ1v) is 6.60. The van der Waals surface area contributed by atoms with Crippen molar-refractivity contribution >= 4 is 22.5 Å². The van der Waals surface area contributed by atoms with E-state index in [1.165, 1.54) is 0 Å². The van der Waals surface area contributed by atoms with E-state index in [1.807, 2.05) is 37.3 Å². The van der Waals surface area contributed by atoms with E-state index < -0.39 is 0 Å². The number of hydrogen-bond donors (Lipinski definition) is 2. The summed E-state index contributed by atoms with van der Waals surface area (Å²) in [7, 11) is 0. The van der Waals surface area contributed by atoms with E-state index in [1.54, 1.807) is 24.4 Å². The summed E-state index contributed by atoms with van der Waals surface area (Å²) in [6.45, 7) is 1.86. The van der Waals surface area contributed by atoms with Gasteiger partial charge in [0.15, 0.2) is 0 Å². The number of benzene rings is 2. The zero-order valence-corrected chi connectivity index (χ0v) is 11.5. The van der Waals surface area contributed by atoms with Crippen molar-refractivity contribution < 1.29 is 9.90 Å². The molecule has 0 bridgehead atoms. The molecule has 0 fully saturated rings. The van der Waals surface area contributed by atoms with Crippen molar-refractivity contribution in [1.29, 1.82) is 0 Å². The number of anilines is 1. The normalized spacial score (nSPS) is 10.5. The van der Waals surface area contributed by atoms with Crippen LogP contribution < -0.4 is 5.32 Å². The van der Waals surface area contributed by atoms with Crippen molar-refractivity contribution in [2.75, 3.05) is 5.32 Å². The molecule has 0 saturated heterocycles. The Morgan fingerprint density at radius 2 is 1.90 bits per heavy atom. The molecule has 21 heavy (non-hydrogen) atoms. The summed E-state index contributed by atoms with van der Waals surface area (Å²) < 4.78 is 0. The fourth-order valence-electron chi connectivity index (χ4n) is 2.23. The second-order valence-electron chi connectivity index (χ2n) is 4.81. The summed E-state index contributed by atoms with van der Waals surface area (Å²) in [4.78, 5) is 16.4. The summed E-state index contributed by atoms with van der Waals surface area (Å²) in [5, 5.41) is 14.6. The lowest BCUT2D eigenvalue weighted by atomic mass is 10.0. The number of nitrogens with one attached hydrogen (secondary N) is 1. The maximum absolute atomic E-state index is 12.3. The van der Waals surface area contributed by atoms with Crippen LogP contribution in [0.4, 0.5) is 5.82 Å². The number of hydrogen-bond acceptors (Lipinski definition) is 3. The highest BCUT2D eigenvalue weighted by atomic mass is 16.3. The minimum Gasteiger partial charge on any atom is -0.506 e. The van der Waals surface area contributed by atoms with Gasteiger partial charge in [0.2, 0.25) is 0 Å². The van der Waals surface area contributed by atoms with Gasteiger partial charge in [-0.2, -0.15) is 0 Å². The van der Waals surface area contributed by atoms with E-state index in [0.717, 1.165) is 10.9 Å². The number of pyridine rings is 1.